The molecule has 0 spiro atoms. The first-order chi connectivity index (χ1) is 18.7. The number of fused-ring (bicyclic) bond motifs is 1. The standard InChI is InChI=1S/C18H10Cl2N4O.C8H8F3N.C2H6/c19-12-7-5-11(6-8-12)14-9-16-21-22-17(10-25)24(16)23-18(14)13-3-1-2-4-15(13)20;9-8(10,11)7-3-1-2-6(4-7)5-12;1-2/h1-10H;1-4H,5,12H2;1-2H3. The quantitative estimate of drug-likeness (QED) is 0.222. The van der Waals surface area contributed by atoms with E-state index < -0.39 is 11.7 Å². The Morgan fingerprint density at radius 1 is 0.897 bits per heavy atom. The van der Waals surface area contributed by atoms with Crippen LogP contribution in [0.4, 0.5) is 13.2 Å². The van der Waals surface area contributed by atoms with Crippen LogP contribution in [-0.4, -0.2) is 26.1 Å². The number of nitrogens with two attached hydrogens (primary N) is 1. The van der Waals surface area contributed by atoms with Gasteiger partial charge in [0.05, 0.1) is 10.6 Å². The Morgan fingerprint density at radius 2 is 1.59 bits per heavy atom. The van der Waals surface area contributed by atoms with Crippen LogP contribution >= 0.6 is 23.2 Å². The van der Waals surface area contributed by atoms with Gasteiger partial charge in [-0.05, 0) is 41.5 Å². The van der Waals surface area contributed by atoms with Crippen molar-refractivity contribution < 1.29 is 18.0 Å². The third-order valence-electron chi connectivity index (χ3n) is 5.30. The van der Waals surface area contributed by atoms with Crippen LogP contribution < -0.4 is 5.73 Å². The van der Waals surface area contributed by atoms with Crippen molar-refractivity contribution in [2.45, 2.75) is 26.6 Å². The van der Waals surface area contributed by atoms with E-state index in [1.165, 1.54) is 10.6 Å². The molecule has 0 saturated carbocycles. The highest BCUT2D eigenvalue weighted by Crippen LogP contribution is 2.35. The first-order valence-electron chi connectivity index (χ1n) is 11.8. The van der Waals surface area contributed by atoms with Crippen LogP contribution in [0.1, 0.15) is 35.6 Å². The zero-order chi connectivity index (χ0) is 28.6. The number of carbonyl (C=O) groups is 1. The van der Waals surface area contributed by atoms with Crippen molar-refractivity contribution in [3.63, 3.8) is 0 Å². The maximum absolute atomic E-state index is 12.1. The summed E-state index contributed by atoms with van der Waals surface area (Å²) in [7, 11) is 0. The summed E-state index contributed by atoms with van der Waals surface area (Å²) in [6.45, 7) is 4.13. The van der Waals surface area contributed by atoms with Crippen LogP contribution in [0, 0.1) is 0 Å². The topological polar surface area (TPSA) is 86.2 Å². The fourth-order valence-corrected chi connectivity index (χ4v) is 3.85. The molecule has 0 aliphatic rings. The molecule has 2 heterocycles. The second-order valence-corrected chi connectivity index (χ2v) is 8.59. The van der Waals surface area contributed by atoms with Crippen molar-refractivity contribution in [2.24, 2.45) is 5.73 Å². The van der Waals surface area contributed by atoms with E-state index in [0.29, 0.717) is 33.2 Å². The molecule has 0 radical (unpaired) electrons. The van der Waals surface area contributed by atoms with Gasteiger partial charge in [-0.15, -0.1) is 10.2 Å². The lowest BCUT2D eigenvalue weighted by atomic mass is 10.00. The van der Waals surface area contributed by atoms with E-state index in [-0.39, 0.29) is 12.4 Å². The summed E-state index contributed by atoms with van der Waals surface area (Å²) < 4.78 is 37.6. The molecule has 0 amide bonds. The predicted molar refractivity (Wildman–Crippen MR) is 148 cm³/mol. The van der Waals surface area contributed by atoms with Crippen molar-refractivity contribution >= 4 is 35.1 Å². The lowest BCUT2D eigenvalue weighted by Crippen LogP contribution is -2.06. The van der Waals surface area contributed by atoms with Gasteiger partial charge in [-0.3, -0.25) is 4.79 Å². The van der Waals surface area contributed by atoms with Gasteiger partial charge in [-0.25, -0.2) is 0 Å². The number of rotatable bonds is 4. The first-order valence-corrected chi connectivity index (χ1v) is 12.6. The molecule has 11 heteroatoms. The van der Waals surface area contributed by atoms with Crippen LogP contribution in [0.25, 0.3) is 28.0 Å². The third kappa shape index (κ3) is 7.20. The van der Waals surface area contributed by atoms with Crippen LogP contribution in [0.3, 0.4) is 0 Å². The van der Waals surface area contributed by atoms with Gasteiger partial charge < -0.3 is 5.73 Å². The van der Waals surface area contributed by atoms with Gasteiger partial charge in [0.2, 0.25) is 5.82 Å². The number of nitrogens with zero attached hydrogens (tertiary/aromatic N) is 4. The van der Waals surface area contributed by atoms with Gasteiger partial charge in [-0.2, -0.15) is 22.8 Å². The molecule has 0 fully saturated rings. The molecular formula is C28H24Cl2F3N5O. The van der Waals surface area contributed by atoms with Gasteiger partial charge >= 0.3 is 6.18 Å². The van der Waals surface area contributed by atoms with E-state index in [4.69, 9.17) is 28.9 Å². The molecule has 5 aromatic rings. The number of carbonyl (C=O) groups excluding carboxylic acids is 1. The average molecular weight is 574 g/mol. The highest BCUT2D eigenvalue weighted by Gasteiger charge is 2.30. The van der Waals surface area contributed by atoms with Crippen molar-refractivity contribution in [3.8, 4) is 22.4 Å². The van der Waals surface area contributed by atoms with Crippen molar-refractivity contribution in [1.29, 1.82) is 0 Å². The van der Waals surface area contributed by atoms with Crippen molar-refractivity contribution in [2.75, 3.05) is 0 Å². The van der Waals surface area contributed by atoms with Gasteiger partial charge in [0.25, 0.3) is 0 Å². The minimum Gasteiger partial charge on any atom is -0.326 e. The molecule has 2 N–H and O–H groups in total. The molecular weight excluding hydrogens is 550 g/mol. The first kappa shape index (κ1) is 29.8. The largest absolute Gasteiger partial charge is 0.416 e. The summed E-state index contributed by atoms with van der Waals surface area (Å²) in [5, 5.41) is 13.6. The lowest BCUT2D eigenvalue weighted by Gasteiger charge is -2.11. The fraction of sp³-hybridized carbons (Fsp3) is 0.143. The maximum Gasteiger partial charge on any atom is 0.416 e. The molecule has 3 aromatic carbocycles. The minimum atomic E-state index is -4.27. The number of alkyl halides is 3. The zero-order valence-corrected chi connectivity index (χ0v) is 22.5. The molecule has 0 bridgehead atoms. The van der Waals surface area contributed by atoms with Crippen LogP contribution in [0.2, 0.25) is 10.0 Å². The third-order valence-corrected chi connectivity index (χ3v) is 5.88. The van der Waals surface area contributed by atoms with Gasteiger partial charge in [-0.1, -0.05) is 85.6 Å². The Kier molecular flexibility index (Phi) is 10.2. The molecule has 0 aliphatic carbocycles. The Bertz CT molecular complexity index is 1550. The normalized spacial score (nSPS) is 10.8. The number of hydrogen-bond donors (Lipinski definition) is 1. The minimum absolute atomic E-state index is 0.129. The highest BCUT2D eigenvalue weighted by atomic mass is 35.5. The molecule has 0 unspecified atom stereocenters. The van der Waals surface area contributed by atoms with E-state index in [1.807, 2.05) is 50.2 Å². The number of aldehydes is 1. The average Bonchev–Trinajstić information content (AvgIpc) is 3.36. The summed E-state index contributed by atoms with van der Waals surface area (Å²) in [6, 6.07) is 21.6. The van der Waals surface area contributed by atoms with E-state index in [2.05, 4.69) is 15.3 Å². The molecule has 202 valence electrons. The second kappa shape index (κ2) is 13.3. The summed E-state index contributed by atoms with van der Waals surface area (Å²) in [5.41, 5.74) is 8.62. The molecule has 5 rings (SSSR count). The maximum atomic E-state index is 12.1. The Morgan fingerprint density at radius 3 is 2.21 bits per heavy atom. The van der Waals surface area contributed by atoms with Crippen LogP contribution in [0.5, 0.6) is 0 Å². The number of benzene rings is 3. The number of hydrogen-bond acceptors (Lipinski definition) is 5. The summed E-state index contributed by atoms with van der Waals surface area (Å²) in [5.74, 6) is 0.131. The van der Waals surface area contributed by atoms with E-state index in [9.17, 15) is 18.0 Å². The van der Waals surface area contributed by atoms with Gasteiger partial charge in [0, 0.05) is 22.7 Å². The van der Waals surface area contributed by atoms with E-state index in [0.717, 1.165) is 28.8 Å². The molecule has 39 heavy (non-hydrogen) atoms. The smallest absolute Gasteiger partial charge is 0.326 e. The molecule has 0 aliphatic heterocycles. The lowest BCUT2D eigenvalue weighted by molar-refractivity contribution is -0.137. The van der Waals surface area contributed by atoms with Gasteiger partial charge in [0.15, 0.2) is 11.9 Å². The Balaban J connectivity index is 0.000000253. The van der Waals surface area contributed by atoms with Crippen LogP contribution in [0.15, 0.2) is 78.9 Å². The van der Waals surface area contributed by atoms with E-state index in [1.54, 1.807) is 24.3 Å². The van der Waals surface area contributed by atoms with Gasteiger partial charge in [0.1, 0.15) is 5.69 Å². The fourth-order valence-electron chi connectivity index (χ4n) is 3.50. The number of halogens is 5. The summed E-state index contributed by atoms with van der Waals surface area (Å²) in [4.78, 5) is 11.2. The highest BCUT2D eigenvalue weighted by molar-refractivity contribution is 6.33. The van der Waals surface area contributed by atoms with E-state index >= 15 is 0 Å². The van der Waals surface area contributed by atoms with Crippen molar-refractivity contribution in [3.05, 3.63) is 106 Å². The monoisotopic (exact) mass is 573 g/mol. The summed E-state index contributed by atoms with van der Waals surface area (Å²) in [6.07, 6.45) is -3.66. The Labute approximate surface area is 233 Å². The SMILES string of the molecule is CC.NCc1cccc(C(F)(F)F)c1.O=Cc1nnc2cc(-c3ccc(Cl)cc3)c(-c3ccccc3Cl)nn12. The predicted octanol–water partition coefficient (Wildman–Crippen LogP) is 7.77. The molecule has 6 nitrogen and oxygen atoms in total. The van der Waals surface area contributed by atoms with Crippen LogP contribution in [-0.2, 0) is 12.7 Å². The molecule has 0 atom stereocenters. The Hall–Kier alpha value is -3.79. The zero-order valence-electron chi connectivity index (χ0n) is 21.0. The summed E-state index contributed by atoms with van der Waals surface area (Å²) >= 11 is 12.4. The number of aromatic nitrogens is 4. The molecule has 0 saturated heterocycles. The van der Waals surface area contributed by atoms with Crippen molar-refractivity contribution in [1.82, 2.24) is 19.8 Å². The molecule has 2 aromatic heterocycles. The second-order valence-electron chi connectivity index (χ2n) is 7.74.